The van der Waals surface area contributed by atoms with Gasteiger partial charge in [0, 0.05) is 18.8 Å². The van der Waals surface area contributed by atoms with Crippen molar-refractivity contribution < 1.29 is 9.53 Å². The minimum atomic E-state index is -0.300. The fraction of sp³-hybridized carbons (Fsp3) is 0.474. The van der Waals surface area contributed by atoms with Gasteiger partial charge in [0.15, 0.2) is 5.82 Å². The second-order valence-electron chi connectivity index (χ2n) is 7.79. The average Bonchev–Trinajstić information content (AvgIpc) is 3.48. The third-order valence-corrected chi connectivity index (χ3v) is 6.25. The molecule has 1 saturated heterocycles. The second-order valence-corrected chi connectivity index (χ2v) is 8.20. The Morgan fingerprint density at radius 2 is 2.17 bits per heavy atom. The first-order valence-electron chi connectivity index (χ1n) is 9.74. The predicted molar refractivity (Wildman–Crippen MR) is 108 cm³/mol. The first kappa shape index (κ1) is 18.4. The largest absolute Gasteiger partial charge is 0.379 e. The van der Waals surface area contributed by atoms with Crippen molar-refractivity contribution in [2.24, 2.45) is 23.5 Å². The van der Waals surface area contributed by atoms with Crippen LogP contribution in [-0.4, -0.2) is 44.9 Å². The number of hydrogen-bond acceptors (Lipinski definition) is 7. The first-order valence-corrected chi connectivity index (χ1v) is 10.1. The molecule has 0 aromatic carbocycles. The Bertz CT molecular complexity index is 956. The summed E-state index contributed by atoms with van der Waals surface area (Å²) >= 11 is 6.32. The summed E-state index contributed by atoms with van der Waals surface area (Å²) in [6.45, 7) is 1.43. The molecule has 2 aromatic rings. The van der Waals surface area contributed by atoms with Gasteiger partial charge in [0.1, 0.15) is 5.02 Å². The minimum absolute atomic E-state index is 0.118. The van der Waals surface area contributed by atoms with Gasteiger partial charge >= 0.3 is 0 Å². The van der Waals surface area contributed by atoms with E-state index in [1.807, 2.05) is 10.9 Å². The van der Waals surface area contributed by atoms with Gasteiger partial charge in [0.25, 0.3) is 0 Å². The van der Waals surface area contributed by atoms with E-state index >= 15 is 0 Å². The summed E-state index contributed by atoms with van der Waals surface area (Å²) in [5, 5.41) is 11.3. The smallest absolute Gasteiger partial charge is 0.229 e. The maximum Gasteiger partial charge on any atom is 0.229 e. The molecule has 0 radical (unpaired) electrons. The first-order chi connectivity index (χ1) is 14.1. The number of nitrogens with one attached hydrogen (secondary N) is 2. The number of aromatic nitrogens is 4. The highest BCUT2D eigenvalue weighted by molar-refractivity contribution is 6.32. The van der Waals surface area contributed by atoms with E-state index in [-0.39, 0.29) is 35.7 Å². The summed E-state index contributed by atoms with van der Waals surface area (Å²) in [4.78, 5) is 20.7. The number of amides is 1. The van der Waals surface area contributed by atoms with Crippen molar-refractivity contribution in [2.45, 2.75) is 24.9 Å². The van der Waals surface area contributed by atoms with E-state index in [0.29, 0.717) is 23.4 Å². The van der Waals surface area contributed by atoms with E-state index in [1.165, 1.54) is 6.20 Å². The number of hydrogen-bond donors (Lipinski definition) is 3. The Morgan fingerprint density at radius 3 is 2.97 bits per heavy atom. The quantitative estimate of drug-likeness (QED) is 0.618. The van der Waals surface area contributed by atoms with Crippen LogP contribution in [0.15, 0.2) is 30.7 Å². The number of allylic oxidation sites excluding steroid dienone is 1. The third kappa shape index (κ3) is 3.44. The highest BCUT2D eigenvalue weighted by Gasteiger charge is 2.47. The van der Waals surface area contributed by atoms with E-state index in [9.17, 15) is 4.79 Å². The molecule has 4 N–H and O–H groups in total. The average molecular weight is 416 g/mol. The molecule has 9 nitrogen and oxygen atoms in total. The van der Waals surface area contributed by atoms with Gasteiger partial charge in [-0.05, 0) is 24.7 Å². The Kier molecular flexibility index (Phi) is 4.63. The van der Waals surface area contributed by atoms with Gasteiger partial charge in [0.2, 0.25) is 11.9 Å². The SMILES string of the molecule is NC(=O)[C@@H]1[C@H](Nc2nc(Nc3cnn([C@@H]4CCOC4)c3)ncc2Cl)[C@H]2C=C[C@@H]1C2. The van der Waals surface area contributed by atoms with Crippen LogP contribution in [0.1, 0.15) is 18.9 Å². The Morgan fingerprint density at radius 1 is 1.31 bits per heavy atom. The summed E-state index contributed by atoms with van der Waals surface area (Å²) in [6.07, 6.45) is 11.3. The molecule has 29 heavy (non-hydrogen) atoms. The van der Waals surface area contributed by atoms with Crippen molar-refractivity contribution in [3.8, 4) is 0 Å². The van der Waals surface area contributed by atoms with Gasteiger partial charge in [-0.15, -0.1) is 0 Å². The highest BCUT2D eigenvalue weighted by atomic mass is 35.5. The number of anilines is 3. The van der Waals surface area contributed by atoms with Crippen molar-refractivity contribution in [1.82, 2.24) is 19.7 Å². The van der Waals surface area contributed by atoms with E-state index in [1.54, 1.807) is 6.20 Å². The lowest BCUT2D eigenvalue weighted by molar-refractivity contribution is -0.122. The van der Waals surface area contributed by atoms with Gasteiger partial charge in [-0.25, -0.2) is 4.98 Å². The van der Waals surface area contributed by atoms with Crippen LogP contribution in [0, 0.1) is 17.8 Å². The number of carbonyl (C=O) groups is 1. The van der Waals surface area contributed by atoms with Gasteiger partial charge in [-0.2, -0.15) is 10.1 Å². The van der Waals surface area contributed by atoms with Crippen molar-refractivity contribution >= 4 is 35.0 Å². The summed E-state index contributed by atoms with van der Waals surface area (Å²) in [5.74, 6) is 0.738. The van der Waals surface area contributed by atoms with E-state index in [2.05, 4.69) is 37.9 Å². The molecule has 3 aliphatic rings. The second kappa shape index (κ2) is 7.31. The number of primary amides is 1. The topological polar surface area (TPSA) is 120 Å². The molecule has 5 atom stereocenters. The number of fused-ring (bicyclic) bond motifs is 2. The fourth-order valence-corrected chi connectivity index (χ4v) is 4.70. The molecular weight excluding hydrogens is 394 g/mol. The lowest BCUT2D eigenvalue weighted by atomic mass is 9.88. The van der Waals surface area contributed by atoms with Crippen LogP contribution >= 0.6 is 11.6 Å². The Hall–Kier alpha value is -2.65. The molecule has 3 heterocycles. The van der Waals surface area contributed by atoms with Crippen LogP contribution in [0.4, 0.5) is 17.5 Å². The molecule has 2 fully saturated rings. The van der Waals surface area contributed by atoms with Crippen LogP contribution in [0.2, 0.25) is 5.02 Å². The number of carbonyl (C=O) groups excluding carboxylic acids is 1. The molecule has 1 aliphatic heterocycles. The summed E-state index contributed by atoms with van der Waals surface area (Å²) in [6, 6.07) is 0.137. The van der Waals surface area contributed by atoms with Crippen LogP contribution in [0.3, 0.4) is 0 Å². The van der Waals surface area contributed by atoms with Gasteiger partial charge in [-0.3, -0.25) is 9.48 Å². The molecule has 0 unspecified atom stereocenters. The summed E-state index contributed by atoms with van der Waals surface area (Å²) in [7, 11) is 0. The lowest BCUT2D eigenvalue weighted by Gasteiger charge is -2.27. The zero-order valence-electron chi connectivity index (χ0n) is 15.7. The van der Waals surface area contributed by atoms with Crippen LogP contribution < -0.4 is 16.4 Å². The van der Waals surface area contributed by atoms with E-state index in [0.717, 1.165) is 25.1 Å². The predicted octanol–water partition coefficient (Wildman–Crippen LogP) is 2.12. The molecule has 1 amide bonds. The van der Waals surface area contributed by atoms with Gasteiger partial charge in [0.05, 0.1) is 36.6 Å². The van der Waals surface area contributed by atoms with Crippen molar-refractivity contribution in [3.05, 3.63) is 35.8 Å². The van der Waals surface area contributed by atoms with Gasteiger partial charge < -0.3 is 21.1 Å². The van der Waals surface area contributed by atoms with Crippen molar-refractivity contribution in [1.29, 1.82) is 0 Å². The molecule has 2 aromatic heterocycles. The van der Waals surface area contributed by atoms with Gasteiger partial charge in [-0.1, -0.05) is 23.8 Å². The van der Waals surface area contributed by atoms with E-state index < -0.39 is 0 Å². The molecular formula is C19H22ClN7O2. The Balaban J connectivity index is 1.33. The number of nitrogens with two attached hydrogens (primary N) is 1. The van der Waals surface area contributed by atoms with E-state index in [4.69, 9.17) is 22.1 Å². The zero-order valence-corrected chi connectivity index (χ0v) is 16.4. The number of ether oxygens (including phenoxy) is 1. The lowest BCUT2D eigenvalue weighted by Crippen LogP contribution is -2.41. The zero-order chi connectivity index (χ0) is 20.0. The molecule has 152 valence electrons. The summed E-state index contributed by atoms with van der Waals surface area (Å²) < 4.78 is 7.30. The summed E-state index contributed by atoms with van der Waals surface area (Å²) in [5.41, 5.74) is 6.42. The molecule has 1 saturated carbocycles. The van der Waals surface area contributed by atoms with Crippen LogP contribution in [0.25, 0.3) is 0 Å². The van der Waals surface area contributed by atoms with Crippen molar-refractivity contribution in [3.63, 3.8) is 0 Å². The van der Waals surface area contributed by atoms with Crippen LogP contribution in [0.5, 0.6) is 0 Å². The molecule has 10 heteroatoms. The Labute approximate surface area is 172 Å². The monoisotopic (exact) mass is 415 g/mol. The molecule has 5 rings (SSSR count). The fourth-order valence-electron chi connectivity index (χ4n) is 4.56. The maximum absolute atomic E-state index is 11.9. The number of nitrogens with zero attached hydrogens (tertiary/aromatic N) is 4. The maximum atomic E-state index is 11.9. The number of rotatable bonds is 6. The molecule has 2 bridgehead atoms. The highest BCUT2D eigenvalue weighted by Crippen LogP contribution is 2.45. The third-order valence-electron chi connectivity index (χ3n) is 5.97. The standard InChI is InChI=1S/C19H22ClN7O2/c20-14-7-22-19(24-12-6-23-27(8-12)13-3-4-29-9-13)26-18(14)25-16-11-2-1-10(5-11)15(16)17(21)28/h1-2,6-8,10-11,13,15-16H,3-5,9H2,(H2,21,28)(H2,22,24,25,26)/t10-,11+,13-,15+,16-/m1/s1. The van der Waals surface area contributed by atoms with Crippen molar-refractivity contribution in [2.75, 3.05) is 23.8 Å². The number of halogens is 1. The normalized spacial score (nSPS) is 30.0. The molecule has 0 spiro atoms. The minimum Gasteiger partial charge on any atom is -0.379 e. The van der Waals surface area contributed by atoms with Crippen LogP contribution in [-0.2, 0) is 9.53 Å². The molecule has 2 aliphatic carbocycles.